The Balaban J connectivity index is 2.23. The lowest BCUT2D eigenvalue weighted by Gasteiger charge is -1.92. The minimum Gasteiger partial charge on any atom is -0.290 e. The van der Waals surface area contributed by atoms with E-state index in [0.717, 1.165) is 5.69 Å². The predicted molar refractivity (Wildman–Crippen MR) is 59.0 cm³/mol. The summed E-state index contributed by atoms with van der Waals surface area (Å²) in [6.45, 7) is 0. The van der Waals surface area contributed by atoms with Gasteiger partial charge >= 0.3 is 0 Å². The standard InChI is InChI=1S/C11H8N4O/c16-8-4-6-15-10(7-8)13-11(14-15)9-3-1-2-5-12-9/h1-7H,(H,13,14). The summed E-state index contributed by atoms with van der Waals surface area (Å²) in [5.74, 6) is 0.645. The third-order valence-corrected chi connectivity index (χ3v) is 2.27. The molecule has 0 atom stereocenters. The lowest BCUT2D eigenvalue weighted by Crippen LogP contribution is -1.98. The molecular formula is C11H8N4O. The maximum absolute atomic E-state index is 11.1. The summed E-state index contributed by atoms with van der Waals surface area (Å²) in [5.41, 5.74) is 1.28. The van der Waals surface area contributed by atoms with Gasteiger partial charge in [0.05, 0.1) is 0 Å². The zero-order chi connectivity index (χ0) is 11.0. The van der Waals surface area contributed by atoms with Crippen molar-refractivity contribution in [2.24, 2.45) is 0 Å². The molecular weight excluding hydrogens is 204 g/mol. The molecule has 0 radical (unpaired) electrons. The Labute approximate surface area is 90.4 Å². The summed E-state index contributed by atoms with van der Waals surface area (Å²) < 4.78 is 1.69. The SMILES string of the molecule is O=c1ccn2[nH]c(-c3ccccn3)nc2c1. The maximum Gasteiger partial charge on any atom is 0.183 e. The molecule has 0 saturated carbocycles. The minimum absolute atomic E-state index is 0.0564. The highest BCUT2D eigenvalue weighted by atomic mass is 16.1. The molecule has 0 aliphatic heterocycles. The van der Waals surface area contributed by atoms with E-state index in [9.17, 15) is 4.79 Å². The van der Waals surface area contributed by atoms with Crippen molar-refractivity contribution in [2.45, 2.75) is 0 Å². The number of pyridine rings is 2. The van der Waals surface area contributed by atoms with E-state index >= 15 is 0 Å². The van der Waals surface area contributed by atoms with Crippen LogP contribution in [0.1, 0.15) is 0 Å². The fourth-order valence-electron chi connectivity index (χ4n) is 1.52. The van der Waals surface area contributed by atoms with Gasteiger partial charge in [0.2, 0.25) is 0 Å². The Morgan fingerprint density at radius 2 is 2.19 bits per heavy atom. The van der Waals surface area contributed by atoms with Crippen molar-refractivity contribution in [1.29, 1.82) is 0 Å². The van der Waals surface area contributed by atoms with E-state index in [1.807, 2.05) is 18.2 Å². The summed E-state index contributed by atoms with van der Waals surface area (Å²) in [6, 6.07) is 8.54. The molecule has 0 saturated heterocycles. The van der Waals surface area contributed by atoms with Gasteiger partial charge in [-0.3, -0.25) is 14.9 Å². The number of H-pyrrole nitrogens is 1. The van der Waals surface area contributed by atoms with Crippen LogP contribution in [0.3, 0.4) is 0 Å². The molecule has 0 unspecified atom stereocenters. The second-order valence-electron chi connectivity index (χ2n) is 3.38. The van der Waals surface area contributed by atoms with E-state index in [-0.39, 0.29) is 5.43 Å². The van der Waals surface area contributed by atoms with Crippen molar-refractivity contribution < 1.29 is 0 Å². The Morgan fingerprint density at radius 1 is 1.25 bits per heavy atom. The van der Waals surface area contributed by atoms with E-state index in [1.165, 1.54) is 12.1 Å². The molecule has 3 rings (SSSR count). The smallest absolute Gasteiger partial charge is 0.183 e. The fourth-order valence-corrected chi connectivity index (χ4v) is 1.52. The molecule has 78 valence electrons. The molecule has 3 aromatic rings. The number of nitrogens with one attached hydrogen (secondary N) is 1. The Bertz CT molecular complexity index is 684. The molecule has 0 bridgehead atoms. The average molecular weight is 212 g/mol. The highest BCUT2D eigenvalue weighted by Crippen LogP contribution is 2.11. The van der Waals surface area contributed by atoms with Crippen LogP contribution in [0.25, 0.3) is 17.2 Å². The molecule has 1 N–H and O–H groups in total. The van der Waals surface area contributed by atoms with Crippen LogP contribution < -0.4 is 5.43 Å². The molecule has 0 aliphatic carbocycles. The van der Waals surface area contributed by atoms with Gasteiger partial charge in [-0.2, -0.15) is 0 Å². The van der Waals surface area contributed by atoms with Gasteiger partial charge in [-0.25, -0.2) is 9.50 Å². The average Bonchev–Trinajstić information content (AvgIpc) is 2.73. The van der Waals surface area contributed by atoms with Gasteiger partial charge in [0.25, 0.3) is 0 Å². The topological polar surface area (TPSA) is 63.0 Å². The van der Waals surface area contributed by atoms with Crippen LogP contribution in [0.5, 0.6) is 0 Å². The lowest BCUT2D eigenvalue weighted by atomic mass is 10.3. The summed E-state index contributed by atoms with van der Waals surface area (Å²) in [4.78, 5) is 19.6. The number of hydrogen-bond acceptors (Lipinski definition) is 3. The van der Waals surface area contributed by atoms with Crippen LogP contribution in [0.15, 0.2) is 47.5 Å². The van der Waals surface area contributed by atoms with E-state index in [1.54, 1.807) is 16.9 Å². The first kappa shape index (κ1) is 8.84. The van der Waals surface area contributed by atoms with E-state index < -0.39 is 0 Å². The first-order chi connectivity index (χ1) is 7.83. The van der Waals surface area contributed by atoms with Gasteiger partial charge in [0, 0.05) is 24.5 Å². The zero-order valence-electron chi connectivity index (χ0n) is 8.29. The first-order valence-electron chi connectivity index (χ1n) is 4.83. The summed E-state index contributed by atoms with van der Waals surface area (Å²) >= 11 is 0. The highest BCUT2D eigenvalue weighted by molar-refractivity contribution is 5.53. The van der Waals surface area contributed by atoms with Gasteiger partial charge in [-0.05, 0) is 12.1 Å². The quantitative estimate of drug-likeness (QED) is 0.656. The number of fused-ring (bicyclic) bond motifs is 1. The Kier molecular flexibility index (Phi) is 1.83. The molecule has 5 heteroatoms. The van der Waals surface area contributed by atoms with Gasteiger partial charge in [0.1, 0.15) is 5.69 Å². The van der Waals surface area contributed by atoms with Crippen molar-refractivity contribution in [2.75, 3.05) is 0 Å². The molecule has 5 nitrogen and oxygen atoms in total. The maximum atomic E-state index is 11.1. The Morgan fingerprint density at radius 3 is 3.00 bits per heavy atom. The zero-order valence-corrected chi connectivity index (χ0v) is 8.29. The lowest BCUT2D eigenvalue weighted by molar-refractivity contribution is 0.959. The third kappa shape index (κ3) is 1.38. The summed E-state index contributed by atoms with van der Waals surface area (Å²) in [5, 5.41) is 3.04. The molecule has 0 spiro atoms. The van der Waals surface area contributed by atoms with Crippen molar-refractivity contribution in [3.8, 4) is 11.5 Å². The second kappa shape index (κ2) is 3.30. The Hall–Kier alpha value is -2.43. The van der Waals surface area contributed by atoms with Crippen molar-refractivity contribution >= 4 is 5.65 Å². The monoisotopic (exact) mass is 212 g/mol. The molecule has 0 aliphatic rings. The van der Waals surface area contributed by atoms with Crippen LogP contribution in [-0.4, -0.2) is 19.6 Å². The molecule has 0 aromatic carbocycles. The number of aromatic amines is 1. The predicted octanol–water partition coefficient (Wildman–Crippen LogP) is 1.08. The number of aromatic nitrogens is 4. The van der Waals surface area contributed by atoms with Crippen LogP contribution in [0.2, 0.25) is 0 Å². The highest BCUT2D eigenvalue weighted by Gasteiger charge is 2.04. The first-order valence-corrected chi connectivity index (χ1v) is 4.83. The minimum atomic E-state index is -0.0564. The van der Waals surface area contributed by atoms with Gasteiger partial charge in [-0.15, -0.1) is 0 Å². The third-order valence-electron chi connectivity index (χ3n) is 2.27. The van der Waals surface area contributed by atoms with E-state index in [4.69, 9.17) is 0 Å². The molecule has 0 amide bonds. The van der Waals surface area contributed by atoms with E-state index in [0.29, 0.717) is 11.5 Å². The number of nitrogens with zero attached hydrogens (tertiary/aromatic N) is 3. The van der Waals surface area contributed by atoms with Crippen molar-refractivity contribution in [3.05, 3.63) is 52.9 Å². The van der Waals surface area contributed by atoms with Crippen LogP contribution >= 0.6 is 0 Å². The van der Waals surface area contributed by atoms with Crippen molar-refractivity contribution in [3.63, 3.8) is 0 Å². The number of rotatable bonds is 1. The summed E-state index contributed by atoms with van der Waals surface area (Å²) in [7, 11) is 0. The van der Waals surface area contributed by atoms with Crippen molar-refractivity contribution in [1.82, 2.24) is 19.6 Å². The number of hydrogen-bond donors (Lipinski definition) is 1. The fraction of sp³-hybridized carbons (Fsp3) is 0. The summed E-state index contributed by atoms with van der Waals surface area (Å²) in [6.07, 6.45) is 3.35. The molecule has 0 fully saturated rings. The molecule has 16 heavy (non-hydrogen) atoms. The van der Waals surface area contributed by atoms with Crippen LogP contribution in [0.4, 0.5) is 0 Å². The molecule has 3 aromatic heterocycles. The van der Waals surface area contributed by atoms with Gasteiger partial charge in [0.15, 0.2) is 16.9 Å². The van der Waals surface area contributed by atoms with Crippen LogP contribution in [-0.2, 0) is 0 Å². The van der Waals surface area contributed by atoms with Gasteiger partial charge in [-0.1, -0.05) is 6.07 Å². The van der Waals surface area contributed by atoms with Crippen LogP contribution in [0, 0.1) is 0 Å². The van der Waals surface area contributed by atoms with E-state index in [2.05, 4.69) is 15.1 Å². The molecule has 3 heterocycles. The second-order valence-corrected chi connectivity index (χ2v) is 3.38. The van der Waals surface area contributed by atoms with Gasteiger partial charge < -0.3 is 0 Å². The normalized spacial score (nSPS) is 10.8. The largest absolute Gasteiger partial charge is 0.290 e.